The number of benzene rings is 1. The average Bonchev–Trinajstić information content (AvgIpc) is 2.45. The summed E-state index contributed by atoms with van der Waals surface area (Å²) in [7, 11) is -4.29. The fraction of sp³-hybridized carbons (Fsp3) is 0. The van der Waals surface area contributed by atoms with Gasteiger partial charge in [0.25, 0.3) is 0 Å². The molecule has 1 aromatic carbocycles. The van der Waals surface area contributed by atoms with Gasteiger partial charge >= 0.3 is 10.1 Å². The zero-order chi connectivity index (χ0) is 10.3. The van der Waals surface area contributed by atoms with E-state index in [1.807, 2.05) is 0 Å². The van der Waals surface area contributed by atoms with Gasteiger partial charge in [-0.2, -0.15) is 8.42 Å². The summed E-state index contributed by atoms with van der Waals surface area (Å²) in [6, 6.07) is 5.87. The number of hydrogen-bond donors (Lipinski definition) is 1. The van der Waals surface area contributed by atoms with Gasteiger partial charge in [-0.15, -0.1) is 0 Å². The van der Waals surface area contributed by atoms with Gasteiger partial charge in [0.1, 0.15) is 5.58 Å². The van der Waals surface area contributed by atoms with Crippen molar-refractivity contribution in [2.45, 2.75) is 5.09 Å². The van der Waals surface area contributed by atoms with Gasteiger partial charge in [-0.3, -0.25) is 4.55 Å². The van der Waals surface area contributed by atoms with E-state index in [0.717, 1.165) is 0 Å². The van der Waals surface area contributed by atoms with E-state index >= 15 is 0 Å². The summed E-state index contributed by atoms with van der Waals surface area (Å²) < 4.78 is 35.0. The molecular formula is C8H5ClO4S. The van der Waals surface area contributed by atoms with Gasteiger partial charge in [-0.05, 0) is 18.2 Å². The summed E-state index contributed by atoms with van der Waals surface area (Å²) in [5.41, 5.74) is 0.363. The third kappa shape index (κ3) is 1.61. The van der Waals surface area contributed by atoms with Gasteiger partial charge in [0.05, 0.1) is 0 Å². The van der Waals surface area contributed by atoms with Crippen LogP contribution in [0.4, 0.5) is 0 Å². The highest BCUT2D eigenvalue weighted by Crippen LogP contribution is 2.25. The zero-order valence-corrected chi connectivity index (χ0v) is 8.34. The van der Waals surface area contributed by atoms with Crippen molar-refractivity contribution in [3.8, 4) is 0 Å². The number of halogens is 1. The van der Waals surface area contributed by atoms with E-state index < -0.39 is 15.2 Å². The SMILES string of the molecule is O=S(=O)(O)c1cc2cc(Cl)ccc2o1. The van der Waals surface area contributed by atoms with Crippen molar-refractivity contribution in [1.29, 1.82) is 0 Å². The van der Waals surface area contributed by atoms with Crippen LogP contribution in [-0.2, 0) is 10.1 Å². The van der Waals surface area contributed by atoms with E-state index in [9.17, 15) is 8.42 Å². The first kappa shape index (κ1) is 9.51. The molecule has 1 aromatic heterocycles. The second-order valence-corrected chi connectivity index (χ2v) is 4.51. The van der Waals surface area contributed by atoms with Crippen LogP contribution in [0.1, 0.15) is 0 Å². The van der Waals surface area contributed by atoms with Crippen LogP contribution in [0.2, 0.25) is 5.02 Å². The molecule has 2 aromatic rings. The number of fused-ring (bicyclic) bond motifs is 1. The molecule has 0 radical (unpaired) electrons. The smallest absolute Gasteiger partial charge is 0.328 e. The largest absolute Gasteiger partial charge is 0.442 e. The minimum absolute atomic E-state index is 0.363. The zero-order valence-electron chi connectivity index (χ0n) is 6.77. The molecule has 0 aliphatic carbocycles. The minimum atomic E-state index is -4.29. The molecule has 0 amide bonds. The average molecular weight is 233 g/mol. The Morgan fingerprint density at radius 1 is 1.29 bits per heavy atom. The van der Waals surface area contributed by atoms with Crippen LogP contribution >= 0.6 is 11.6 Å². The molecule has 0 aliphatic rings. The van der Waals surface area contributed by atoms with Crippen LogP contribution < -0.4 is 0 Å². The van der Waals surface area contributed by atoms with Gasteiger partial charge in [-0.25, -0.2) is 0 Å². The molecule has 0 atom stereocenters. The van der Waals surface area contributed by atoms with Crippen molar-refractivity contribution in [1.82, 2.24) is 0 Å². The molecule has 0 saturated heterocycles. The molecular weight excluding hydrogens is 228 g/mol. The highest BCUT2D eigenvalue weighted by atomic mass is 35.5. The van der Waals surface area contributed by atoms with Crippen LogP contribution in [0, 0.1) is 0 Å². The summed E-state index contributed by atoms with van der Waals surface area (Å²) in [6.45, 7) is 0. The lowest BCUT2D eigenvalue weighted by atomic mass is 10.3. The topological polar surface area (TPSA) is 67.5 Å². The van der Waals surface area contributed by atoms with E-state index in [1.165, 1.54) is 12.1 Å². The predicted octanol–water partition coefficient (Wildman–Crippen LogP) is 2.33. The fourth-order valence-corrected chi connectivity index (χ4v) is 1.77. The maximum atomic E-state index is 10.7. The van der Waals surface area contributed by atoms with Crippen molar-refractivity contribution in [3.63, 3.8) is 0 Å². The van der Waals surface area contributed by atoms with Gasteiger partial charge in [0.2, 0.25) is 5.09 Å². The third-order valence-electron chi connectivity index (χ3n) is 1.71. The summed E-state index contributed by atoms with van der Waals surface area (Å²) in [5, 5.41) is 0.528. The van der Waals surface area contributed by atoms with Crippen LogP contribution in [0.3, 0.4) is 0 Å². The Balaban J connectivity index is 2.75. The monoisotopic (exact) mass is 232 g/mol. The Kier molecular flexibility index (Phi) is 2.02. The Bertz CT molecular complexity index is 584. The molecule has 14 heavy (non-hydrogen) atoms. The van der Waals surface area contributed by atoms with Crippen molar-refractivity contribution in [2.24, 2.45) is 0 Å². The lowest BCUT2D eigenvalue weighted by Gasteiger charge is -1.87. The lowest BCUT2D eigenvalue weighted by molar-refractivity contribution is 0.424. The molecule has 2 rings (SSSR count). The highest BCUT2D eigenvalue weighted by Gasteiger charge is 2.15. The first-order valence-corrected chi connectivity index (χ1v) is 5.45. The molecule has 74 valence electrons. The van der Waals surface area contributed by atoms with Gasteiger partial charge in [-0.1, -0.05) is 11.6 Å². The van der Waals surface area contributed by atoms with E-state index in [-0.39, 0.29) is 0 Å². The maximum absolute atomic E-state index is 10.7. The van der Waals surface area contributed by atoms with Crippen LogP contribution in [-0.4, -0.2) is 13.0 Å². The molecule has 0 saturated carbocycles. The van der Waals surface area contributed by atoms with E-state index in [0.29, 0.717) is 16.0 Å². The first-order chi connectivity index (χ1) is 6.47. The quantitative estimate of drug-likeness (QED) is 0.767. The van der Waals surface area contributed by atoms with Crippen LogP contribution in [0.15, 0.2) is 33.8 Å². The summed E-state index contributed by atoms with van der Waals surface area (Å²) in [6.07, 6.45) is 0. The highest BCUT2D eigenvalue weighted by molar-refractivity contribution is 7.85. The number of rotatable bonds is 1. The van der Waals surface area contributed by atoms with Crippen molar-refractivity contribution >= 4 is 32.7 Å². The third-order valence-corrected chi connectivity index (χ3v) is 2.65. The van der Waals surface area contributed by atoms with Gasteiger partial charge < -0.3 is 4.42 Å². The first-order valence-electron chi connectivity index (χ1n) is 3.63. The van der Waals surface area contributed by atoms with Crippen molar-refractivity contribution in [3.05, 3.63) is 29.3 Å². The fourth-order valence-electron chi connectivity index (χ4n) is 1.12. The van der Waals surface area contributed by atoms with Crippen molar-refractivity contribution < 1.29 is 17.4 Å². The lowest BCUT2D eigenvalue weighted by Crippen LogP contribution is -1.94. The van der Waals surface area contributed by atoms with Crippen LogP contribution in [0.5, 0.6) is 0 Å². The molecule has 0 bridgehead atoms. The predicted molar refractivity (Wildman–Crippen MR) is 51.0 cm³/mol. The van der Waals surface area contributed by atoms with E-state index in [1.54, 1.807) is 12.1 Å². The molecule has 0 fully saturated rings. The maximum Gasteiger partial charge on any atom is 0.328 e. The van der Waals surface area contributed by atoms with Gasteiger partial charge in [0.15, 0.2) is 0 Å². The molecule has 0 aliphatic heterocycles. The Morgan fingerprint density at radius 2 is 2.00 bits per heavy atom. The van der Waals surface area contributed by atoms with Crippen LogP contribution in [0.25, 0.3) is 11.0 Å². The minimum Gasteiger partial charge on any atom is -0.442 e. The Morgan fingerprint density at radius 3 is 2.64 bits per heavy atom. The summed E-state index contributed by atoms with van der Waals surface area (Å²) in [4.78, 5) is 0. The molecule has 6 heteroatoms. The number of hydrogen-bond acceptors (Lipinski definition) is 3. The normalized spacial score (nSPS) is 12.1. The second kappa shape index (κ2) is 2.98. The standard InChI is InChI=1S/C8H5ClO4S/c9-6-1-2-7-5(3-6)4-8(13-7)14(10,11)12/h1-4H,(H,10,11,12). The molecule has 1 N–H and O–H groups in total. The second-order valence-electron chi connectivity index (χ2n) is 2.72. The van der Waals surface area contributed by atoms with E-state index in [2.05, 4.69) is 0 Å². The molecule has 0 spiro atoms. The number of furan rings is 1. The summed E-state index contributed by atoms with van der Waals surface area (Å²) >= 11 is 5.69. The Hall–Kier alpha value is -1.04. The summed E-state index contributed by atoms with van der Waals surface area (Å²) in [5.74, 6) is 0. The molecule has 1 heterocycles. The van der Waals surface area contributed by atoms with Crippen molar-refractivity contribution in [2.75, 3.05) is 0 Å². The van der Waals surface area contributed by atoms with Gasteiger partial charge in [0, 0.05) is 16.5 Å². The molecule has 4 nitrogen and oxygen atoms in total. The Labute approximate surface area is 84.8 Å². The molecule has 0 unspecified atom stereocenters. The van der Waals surface area contributed by atoms with E-state index in [4.69, 9.17) is 20.6 Å².